The molecule has 1 fully saturated rings. The van der Waals surface area contributed by atoms with Crippen LogP contribution in [0.3, 0.4) is 0 Å². The molecule has 0 bridgehead atoms. The van der Waals surface area contributed by atoms with Crippen LogP contribution in [0.15, 0.2) is 12.7 Å². The number of Topliss-reactive ketones (excluding diaryl/α,β-unsaturated/α-hetero) is 1. The molecule has 1 atom stereocenters. The number of ether oxygens (including phenoxy) is 1. The third-order valence-corrected chi connectivity index (χ3v) is 3.93. The molecule has 0 aromatic rings. The quantitative estimate of drug-likeness (QED) is 0.419. The summed E-state index contributed by atoms with van der Waals surface area (Å²) in [6, 6.07) is 0. The molecule has 0 aromatic carbocycles. The molecule has 15 heavy (non-hydrogen) atoms. The highest BCUT2D eigenvalue weighted by Crippen LogP contribution is 2.38. The summed E-state index contributed by atoms with van der Waals surface area (Å²) < 4.78 is 3.98. The second-order valence-corrected chi connectivity index (χ2v) is 4.81. The summed E-state index contributed by atoms with van der Waals surface area (Å²) in [5.74, 6) is 0.412. The van der Waals surface area contributed by atoms with Gasteiger partial charge in [-0.25, -0.2) is 0 Å². The molecule has 0 spiro atoms. The van der Waals surface area contributed by atoms with Gasteiger partial charge in [0.2, 0.25) is 0 Å². The van der Waals surface area contributed by atoms with Crippen LogP contribution in [0.1, 0.15) is 26.2 Å². The number of esters is 1. The highest BCUT2D eigenvalue weighted by atomic mass is 32.2. The summed E-state index contributed by atoms with van der Waals surface area (Å²) in [6.07, 6.45) is 3.31. The van der Waals surface area contributed by atoms with Crippen molar-refractivity contribution in [3.63, 3.8) is 0 Å². The van der Waals surface area contributed by atoms with Crippen LogP contribution in [0.2, 0.25) is 0 Å². The van der Waals surface area contributed by atoms with Crippen molar-refractivity contribution in [3.05, 3.63) is 12.7 Å². The molecule has 0 saturated carbocycles. The number of hydrogen-bond donors (Lipinski definition) is 0. The molecular weight excluding hydrogens is 212 g/mol. The van der Waals surface area contributed by atoms with Crippen molar-refractivity contribution < 1.29 is 14.3 Å². The summed E-state index contributed by atoms with van der Waals surface area (Å²) in [7, 11) is 0. The Morgan fingerprint density at radius 2 is 2.47 bits per heavy atom. The van der Waals surface area contributed by atoms with Gasteiger partial charge in [0.15, 0.2) is 10.5 Å². The summed E-state index contributed by atoms with van der Waals surface area (Å²) in [6.45, 7) is 5.66. The van der Waals surface area contributed by atoms with Gasteiger partial charge in [0.05, 0.1) is 6.61 Å². The number of thioether (sulfide) groups is 1. The first-order valence-corrected chi connectivity index (χ1v) is 6.11. The summed E-state index contributed by atoms with van der Waals surface area (Å²) in [5.41, 5.74) is 0. The van der Waals surface area contributed by atoms with Gasteiger partial charge in [0.1, 0.15) is 0 Å². The first-order chi connectivity index (χ1) is 7.17. The first-order valence-electron chi connectivity index (χ1n) is 5.12. The third kappa shape index (κ3) is 2.43. The molecule has 0 amide bonds. The van der Waals surface area contributed by atoms with Crippen molar-refractivity contribution in [2.75, 3.05) is 12.4 Å². The molecule has 0 N–H and O–H groups in total. The Balaban J connectivity index is 2.89. The van der Waals surface area contributed by atoms with Crippen LogP contribution in [0, 0.1) is 0 Å². The summed E-state index contributed by atoms with van der Waals surface area (Å²) >= 11 is 1.40. The highest BCUT2D eigenvalue weighted by Gasteiger charge is 2.47. The SMILES string of the molecule is C=CCC1(C(=O)OCC)SCCCC1=O. The average Bonchev–Trinajstić information content (AvgIpc) is 2.22. The predicted molar refractivity (Wildman–Crippen MR) is 60.9 cm³/mol. The molecule has 1 aliphatic rings. The van der Waals surface area contributed by atoms with Crippen LogP contribution in [0.5, 0.6) is 0 Å². The molecule has 84 valence electrons. The van der Waals surface area contributed by atoms with Crippen LogP contribution < -0.4 is 0 Å². The van der Waals surface area contributed by atoms with Crippen molar-refractivity contribution in [1.82, 2.24) is 0 Å². The zero-order valence-electron chi connectivity index (χ0n) is 8.95. The van der Waals surface area contributed by atoms with E-state index in [-0.39, 0.29) is 5.78 Å². The number of rotatable bonds is 4. The van der Waals surface area contributed by atoms with Gasteiger partial charge >= 0.3 is 5.97 Å². The Morgan fingerprint density at radius 3 is 3.00 bits per heavy atom. The van der Waals surface area contributed by atoms with Gasteiger partial charge in [-0.05, 0) is 25.5 Å². The van der Waals surface area contributed by atoms with Crippen molar-refractivity contribution >= 4 is 23.5 Å². The molecule has 3 nitrogen and oxygen atoms in total. The van der Waals surface area contributed by atoms with E-state index in [0.29, 0.717) is 19.4 Å². The lowest BCUT2D eigenvalue weighted by atomic mass is 9.95. The van der Waals surface area contributed by atoms with Crippen LogP contribution in [0.25, 0.3) is 0 Å². The lowest BCUT2D eigenvalue weighted by Gasteiger charge is -2.31. The lowest BCUT2D eigenvalue weighted by molar-refractivity contribution is -0.149. The Labute approximate surface area is 94.3 Å². The fourth-order valence-electron chi connectivity index (χ4n) is 1.64. The Morgan fingerprint density at radius 1 is 1.73 bits per heavy atom. The van der Waals surface area contributed by atoms with Crippen molar-refractivity contribution in [2.45, 2.75) is 30.9 Å². The van der Waals surface area contributed by atoms with Gasteiger partial charge in [-0.15, -0.1) is 18.3 Å². The Hall–Kier alpha value is -0.770. The van der Waals surface area contributed by atoms with Gasteiger partial charge in [-0.1, -0.05) is 6.08 Å². The van der Waals surface area contributed by atoms with Crippen LogP contribution in [0.4, 0.5) is 0 Å². The van der Waals surface area contributed by atoms with E-state index in [0.717, 1.165) is 12.2 Å². The van der Waals surface area contributed by atoms with E-state index in [1.54, 1.807) is 13.0 Å². The fourth-order valence-corrected chi connectivity index (χ4v) is 2.95. The number of hydrogen-bond acceptors (Lipinski definition) is 4. The largest absolute Gasteiger partial charge is 0.465 e. The number of ketones is 1. The van der Waals surface area contributed by atoms with E-state index in [4.69, 9.17) is 4.74 Å². The number of allylic oxidation sites excluding steroid dienone is 1. The molecule has 1 saturated heterocycles. The number of carbonyl (C=O) groups is 2. The van der Waals surface area contributed by atoms with E-state index in [1.807, 2.05) is 0 Å². The zero-order chi connectivity index (χ0) is 11.3. The molecule has 0 radical (unpaired) electrons. The minimum Gasteiger partial charge on any atom is -0.465 e. The average molecular weight is 228 g/mol. The zero-order valence-corrected chi connectivity index (χ0v) is 9.77. The first kappa shape index (κ1) is 12.3. The monoisotopic (exact) mass is 228 g/mol. The van der Waals surface area contributed by atoms with Crippen LogP contribution >= 0.6 is 11.8 Å². The summed E-state index contributed by atoms with van der Waals surface area (Å²) in [4.78, 5) is 23.7. The smallest absolute Gasteiger partial charge is 0.330 e. The second-order valence-electron chi connectivity index (χ2n) is 3.42. The third-order valence-electron chi connectivity index (χ3n) is 2.38. The van der Waals surface area contributed by atoms with Crippen molar-refractivity contribution in [3.8, 4) is 0 Å². The van der Waals surface area contributed by atoms with Crippen LogP contribution in [-0.2, 0) is 14.3 Å². The topological polar surface area (TPSA) is 43.4 Å². The van der Waals surface area contributed by atoms with Gasteiger partial charge in [-0.2, -0.15) is 0 Å². The highest BCUT2D eigenvalue weighted by molar-refractivity contribution is 8.02. The van der Waals surface area contributed by atoms with Gasteiger partial charge in [-0.3, -0.25) is 9.59 Å². The standard InChI is InChI=1S/C11H16O3S/c1-3-7-11(10(13)14-4-2)9(12)6-5-8-15-11/h3H,1,4-8H2,2H3. The minimum atomic E-state index is -1.00. The predicted octanol–water partition coefficient (Wildman–Crippen LogP) is 1.96. The molecule has 1 unspecified atom stereocenters. The number of carbonyl (C=O) groups excluding carboxylic acids is 2. The van der Waals surface area contributed by atoms with Crippen LogP contribution in [-0.4, -0.2) is 28.9 Å². The molecule has 0 aromatic heterocycles. The van der Waals surface area contributed by atoms with E-state index < -0.39 is 10.7 Å². The van der Waals surface area contributed by atoms with E-state index >= 15 is 0 Å². The molecule has 0 aliphatic carbocycles. The lowest BCUT2D eigenvalue weighted by Crippen LogP contribution is -2.46. The van der Waals surface area contributed by atoms with Crippen molar-refractivity contribution in [1.29, 1.82) is 0 Å². The molecule has 1 rings (SSSR count). The normalized spacial score (nSPS) is 26.1. The minimum absolute atomic E-state index is 0.0166. The van der Waals surface area contributed by atoms with Crippen molar-refractivity contribution in [2.24, 2.45) is 0 Å². The Kier molecular flexibility index (Phi) is 4.39. The van der Waals surface area contributed by atoms with Gasteiger partial charge < -0.3 is 4.74 Å². The Bertz CT molecular complexity index is 275. The molecule has 1 heterocycles. The van der Waals surface area contributed by atoms with E-state index in [1.165, 1.54) is 11.8 Å². The second kappa shape index (κ2) is 5.35. The maximum atomic E-state index is 11.9. The van der Waals surface area contributed by atoms with Gasteiger partial charge in [0, 0.05) is 6.42 Å². The molecule has 1 aliphatic heterocycles. The van der Waals surface area contributed by atoms with Gasteiger partial charge in [0.25, 0.3) is 0 Å². The maximum absolute atomic E-state index is 11.9. The fraction of sp³-hybridized carbons (Fsp3) is 0.636. The molecular formula is C11H16O3S. The summed E-state index contributed by atoms with van der Waals surface area (Å²) in [5, 5.41) is 0. The van der Waals surface area contributed by atoms with E-state index in [2.05, 4.69) is 6.58 Å². The maximum Gasteiger partial charge on any atom is 0.330 e. The van der Waals surface area contributed by atoms with E-state index in [9.17, 15) is 9.59 Å². The molecule has 4 heteroatoms.